The predicted octanol–water partition coefficient (Wildman–Crippen LogP) is 10.5. The number of hydrogen-bond acceptors (Lipinski definition) is 2. The van der Waals surface area contributed by atoms with Gasteiger partial charge >= 0.3 is 8.40 Å². The number of hydrogen-bond donors (Lipinski definition) is 0. The third-order valence-corrected chi connectivity index (χ3v) is 15.3. The summed E-state index contributed by atoms with van der Waals surface area (Å²) < 4.78 is 5.63. The Morgan fingerprint density at radius 2 is 0.702 bits per heavy atom. The van der Waals surface area contributed by atoms with Gasteiger partial charge in [-0.15, -0.1) is 0 Å². The lowest BCUT2D eigenvalue weighted by Gasteiger charge is -2.56. The Morgan fingerprint density at radius 3 is 1.11 bits per heavy atom. The molecule has 6 aromatic carbocycles. The summed E-state index contributed by atoms with van der Waals surface area (Å²) in [6.45, 7) is 14.0. The summed E-state index contributed by atoms with van der Waals surface area (Å²) in [4.78, 5) is 0. The number of benzene rings is 6. The maximum Gasteiger partial charge on any atom is 0.341 e. The van der Waals surface area contributed by atoms with Crippen molar-refractivity contribution in [3.8, 4) is 33.4 Å². The number of nitrogens with zero attached hydrogens (tertiary/aromatic N) is 2. The minimum Gasteiger partial charge on any atom is -0.342 e. The van der Waals surface area contributed by atoms with E-state index in [2.05, 4.69) is 184 Å². The molecule has 3 heteroatoms. The molecule has 9 rings (SSSR count). The lowest BCUT2D eigenvalue weighted by Crippen LogP contribution is -2.80. The molecule has 0 aliphatic carbocycles. The maximum atomic E-state index is 2.82. The molecule has 0 fully saturated rings. The molecule has 3 aliphatic rings. The summed E-state index contributed by atoms with van der Waals surface area (Å²) in [7, 11) is -3.07. The molecule has 0 bridgehead atoms. The molecule has 0 aromatic heterocycles. The van der Waals surface area contributed by atoms with Crippen molar-refractivity contribution in [3.05, 3.63) is 145 Å². The Labute approximate surface area is 280 Å². The highest BCUT2D eigenvalue weighted by atomic mass is 28.3. The highest BCUT2D eigenvalue weighted by Crippen LogP contribution is 2.57. The molecule has 3 heterocycles. The smallest absolute Gasteiger partial charge is 0.341 e. The normalized spacial score (nSPS) is 15.1. The minimum absolute atomic E-state index is 0.0108. The van der Waals surface area contributed by atoms with Gasteiger partial charge in [0.25, 0.3) is 0 Å². The molecule has 0 atom stereocenters. The van der Waals surface area contributed by atoms with Crippen LogP contribution in [0.1, 0.15) is 52.7 Å². The van der Waals surface area contributed by atoms with Gasteiger partial charge in [-0.25, -0.2) is 0 Å². The Hall–Kier alpha value is -4.86. The second-order valence-electron chi connectivity index (χ2n) is 15.4. The van der Waals surface area contributed by atoms with Crippen molar-refractivity contribution < 1.29 is 0 Å². The van der Waals surface area contributed by atoms with Crippen LogP contribution in [0.5, 0.6) is 0 Å². The molecule has 0 unspecified atom stereocenters. The quantitative estimate of drug-likeness (QED) is 0.155. The van der Waals surface area contributed by atoms with Crippen LogP contribution in [0, 0.1) is 0 Å². The largest absolute Gasteiger partial charge is 0.342 e. The Balaban J connectivity index is 1.55. The Bertz CT molecular complexity index is 2090. The topological polar surface area (TPSA) is 6.48 Å². The highest BCUT2D eigenvalue weighted by molar-refractivity contribution is 7.11. The van der Waals surface area contributed by atoms with Crippen LogP contribution in [0.2, 0.25) is 0 Å². The molecule has 0 amide bonds. The molecule has 0 N–H and O–H groups in total. The summed E-state index contributed by atoms with van der Waals surface area (Å²) in [5, 5.41) is 2.86. The Kier molecular flexibility index (Phi) is 5.79. The van der Waals surface area contributed by atoms with Gasteiger partial charge in [-0.3, -0.25) is 0 Å². The van der Waals surface area contributed by atoms with Crippen LogP contribution in [0.25, 0.3) is 33.4 Å². The first kappa shape index (κ1) is 28.4. The summed E-state index contributed by atoms with van der Waals surface area (Å²) >= 11 is 0. The van der Waals surface area contributed by atoms with Crippen molar-refractivity contribution in [1.82, 2.24) is 0 Å². The number of rotatable bonds is 0. The SMILES string of the molecule is CC(C)(C)c1ccc2c(c1)-c1cc(C(C)(C)C)ccc1N1c3ccccc3-c3ccccc3[Si]13c1ccccc1-c1ccccc1N23. The molecule has 2 nitrogen and oxygen atoms in total. The van der Waals surface area contributed by atoms with Crippen LogP contribution in [-0.2, 0) is 10.8 Å². The van der Waals surface area contributed by atoms with Gasteiger partial charge in [-0.2, -0.15) is 0 Å². The highest BCUT2D eigenvalue weighted by Gasteiger charge is 2.60. The van der Waals surface area contributed by atoms with Crippen LogP contribution in [-0.4, -0.2) is 8.40 Å². The van der Waals surface area contributed by atoms with E-state index in [0.717, 1.165) is 0 Å². The summed E-state index contributed by atoms with van der Waals surface area (Å²) in [6, 6.07) is 51.4. The van der Waals surface area contributed by atoms with E-state index in [1.165, 1.54) is 77.6 Å². The van der Waals surface area contributed by atoms with Gasteiger partial charge in [0.1, 0.15) is 0 Å². The third-order valence-electron chi connectivity index (χ3n) is 10.6. The third kappa shape index (κ3) is 3.78. The van der Waals surface area contributed by atoms with Crippen LogP contribution in [0.4, 0.5) is 22.7 Å². The van der Waals surface area contributed by atoms with Crippen molar-refractivity contribution in [2.45, 2.75) is 52.4 Å². The average molecular weight is 625 g/mol. The van der Waals surface area contributed by atoms with E-state index >= 15 is 0 Å². The van der Waals surface area contributed by atoms with Crippen LogP contribution in [0.15, 0.2) is 133 Å². The van der Waals surface area contributed by atoms with Crippen LogP contribution in [0.3, 0.4) is 0 Å². The van der Waals surface area contributed by atoms with Gasteiger partial charge in [-0.05, 0) is 79.9 Å². The lowest BCUT2D eigenvalue weighted by atomic mass is 9.82. The van der Waals surface area contributed by atoms with Gasteiger partial charge < -0.3 is 9.13 Å². The van der Waals surface area contributed by atoms with E-state index in [9.17, 15) is 0 Å². The fraction of sp³-hybridized carbons (Fsp3) is 0.182. The molecule has 6 aromatic rings. The molecular weight excluding hydrogens is 585 g/mol. The van der Waals surface area contributed by atoms with E-state index in [0.29, 0.717) is 0 Å². The maximum absolute atomic E-state index is 3.07. The molecule has 47 heavy (non-hydrogen) atoms. The fourth-order valence-electron chi connectivity index (χ4n) is 8.35. The van der Waals surface area contributed by atoms with Crippen LogP contribution >= 0.6 is 0 Å². The van der Waals surface area contributed by atoms with E-state index < -0.39 is 8.40 Å². The van der Waals surface area contributed by atoms with Gasteiger partial charge in [0.05, 0.1) is 0 Å². The minimum atomic E-state index is -3.07. The van der Waals surface area contributed by atoms with Crippen molar-refractivity contribution >= 4 is 41.5 Å². The average Bonchev–Trinajstić information content (AvgIpc) is 3.19. The standard InChI is InChI=1S/C44H40N2Si/c1-43(2,3)29-23-25-39-35(27-29)36-28-30(44(4,5)6)24-26-40(36)46-38-20-12-8-16-32(38)34-18-10-14-22-42(34)47(46)41-21-13-9-17-33(41)31-15-7-11-19-37(31)45(39)47/h7-28H,1-6H3. The zero-order chi connectivity index (χ0) is 32.3. The molecule has 0 saturated carbocycles. The molecule has 3 aliphatic heterocycles. The van der Waals surface area contributed by atoms with E-state index in [1.54, 1.807) is 0 Å². The summed E-state index contributed by atoms with van der Waals surface area (Å²) in [6.07, 6.45) is 0. The molecule has 0 radical (unpaired) electrons. The lowest BCUT2D eigenvalue weighted by molar-refractivity contribution is 0.589. The molecular formula is C44H40N2Si. The first-order valence-electron chi connectivity index (χ1n) is 16.9. The van der Waals surface area contributed by atoms with Gasteiger partial charge in [0.2, 0.25) is 0 Å². The first-order valence-corrected chi connectivity index (χ1v) is 18.8. The number of fused-ring (bicyclic) bond motifs is 13. The number of para-hydroxylation sites is 2. The monoisotopic (exact) mass is 624 g/mol. The van der Waals surface area contributed by atoms with Crippen LogP contribution < -0.4 is 19.5 Å². The molecule has 0 saturated heterocycles. The zero-order valence-electron chi connectivity index (χ0n) is 28.1. The first-order chi connectivity index (χ1) is 22.6. The van der Waals surface area contributed by atoms with E-state index in [-0.39, 0.29) is 10.8 Å². The van der Waals surface area contributed by atoms with E-state index in [1.807, 2.05) is 0 Å². The Morgan fingerprint density at radius 1 is 0.362 bits per heavy atom. The van der Waals surface area contributed by atoms with Crippen molar-refractivity contribution in [2.75, 3.05) is 9.13 Å². The predicted molar refractivity (Wildman–Crippen MR) is 202 cm³/mol. The van der Waals surface area contributed by atoms with Gasteiger partial charge in [0, 0.05) is 45.0 Å². The molecule has 230 valence electrons. The number of anilines is 4. The van der Waals surface area contributed by atoms with Crippen molar-refractivity contribution in [1.29, 1.82) is 0 Å². The van der Waals surface area contributed by atoms with Gasteiger partial charge in [0.15, 0.2) is 0 Å². The summed E-state index contributed by atoms with van der Waals surface area (Å²) in [5.41, 5.74) is 15.8. The van der Waals surface area contributed by atoms with Crippen molar-refractivity contribution in [2.24, 2.45) is 0 Å². The fourth-order valence-corrected chi connectivity index (χ4v) is 13.8. The summed E-state index contributed by atoms with van der Waals surface area (Å²) in [5.74, 6) is 0. The molecule has 1 spiro atoms. The van der Waals surface area contributed by atoms with Gasteiger partial charge in [-0.1, -0.05) is 139 Å². The second kappa shape index (κ2) is 9.59. The second-order valence-corrected chi connectivity index (χ2v) is 18.7. The van der Waals surface area contributed by atoms with E-state index in [4.69, 9.17) is 0 Å². The van der Waals surface area contributed by atoms with Crippen molar-refractivity contribution in [3.63, 3.8) is 0 Å². The zero-order valence-corrected chi connectivity index (χ0v) is 29.1.